The van der Waals surface area contributed by atoms with Gasteiger partial charge in [-0.3, -0.25) is 4.98 Å². The van der Waals surface area contributed by atoms with Gasteiger partial charge in [-0.25, -0.2) is 0 Å². The minimum absolute atomic E-state index is 0.0591. The summed E-state index contributed by atoms with van der Waals surface area (Å²) in [6, 6.07) is 4.98. The maximum absolute atomic E-state index is 11.0. The van der Waals surface area contributed by atoms with Crippen LogP contribution in [0.25, 0.3) is 0 Å². The second-order valence-corrected chi connectivity index (χ2v) is 4.67. The van der Waals surface area contributed by atoms with Crippen molar-refractivity contribution < 1.29 is 9.90 Å². The zero-order valence-corrected chi connectivity index (χ0v) is 11.4. The number of pyridine rings is 1. The number of nitrogens with zero attached hydrogens (tertiary/aromatic N) is 1. The fourth-order valence-electron chi connectivity index (χ4n) is 1.57. The molecule has 0 spiro atoms. The average Bonchev–Trinajstić information content (AvgIpc) is 2.39. The number of rotatable bonds is 3. The molecule has 0 amide bonds. The number of anilines is 2. The Kier molecular flexibility index (Phi) is 3.93. The largest absolute Gasteiger partial charge is 0.545 e. The molecule has 1 aromatic heterocycles. The monoisotopic (exact) mass is 295 g/mol. The lowest BCUT2D eigenvalue weighted by atomic mass is 10.2. The first-order chi connectivity index (χ1) is 9.00. The molecule has 0 atom stereocenters. The van der Waals surface area contributed by atoms with Crippen LogP contribution in [-0.4, -0.2) is 11.0 Å². The van der Waals surface area contributed by atoms with E-state index >= 15 is 0 Å². The summed E-state index contributed by atoms with van der Waals surface area (Å²) < 4.78 is 0. The van der Waals surface area contributed by atoms with E-state index in [9.17, 15) is 9.90 Å². The topological polar surface area (TPSA) is 65.0 Å². The van der Waals surface area contributed by atoms with E-state index in [1.807, 2.05) is 6.92 Å². The van der Waals surface area contributed by atoms with Gasteiger partial charge in [0.2, 0.25) is 0 Å². The molecule has 1 aromatic carbocycles. The van der Waals surface area contributed by atoms with Gasteiger partial charge in [0.05, 0.1) is 27.4 Å². The van der Waals surface area contributed by atoms with Gasteiger partial charge in [-0.1, -0.05) is 29.3 Å². The number of nitrogens with one attached hydrogen (secondary N) is 1. The number of hydrogen-bond acceptors (Lipinski definition) is 4. The van der Waals surface area contributed by atoms with E-state index in [-0.39, 0.29) is 5.56 Å². The van der Waals surface area contributed by atoms with Crippen LogP contribution in [0.4, 0.5) is 11.4 Å². The SMILES string of the molecule is Cc1ccc(Cl)c(Nc2ccncc2C(=O)[O-])c1Cl. The third-order valence-electron chi connectivity index (χ3n) is 2.58. The van der Waals surface area contributed by atoms with Gasteiger partial charge < -0.3 is 15.2 Å². The number of aryl methyl sites for hydroxylation is 1. The third kappa shape index (κ3) is 2.80. The molecule has 2 aromatic rings. The van der Waals surface area contributed by atoms with Crippen molar-refractivity contribution in [3.8, 4) is 0 Å². The number of hydrogen-bond donors (Lipinski definition) is 1. The molecule has 1 heterocycles. The molecule has 2 rings (SSSR count). The summed E-state index contributed by atoms with van der Waals surface area (Å²) in [5.41, 5.74) is 1.55. The van der Waals surface area contributed by atoms with Crippen molar-refractivity contribution in [1.29, 1.82) is 0 Å². The smallest absolute Gasteiger partial charge is 0.0765 e. The van der Waals surface area contributed by atoms with Gasteiger partial charge in [0.1, 0.15) is 0 Å². The van der Waals surface area contributed by atoms with Crippen molar-refractivity contribution >= 4 is 40.5 Å². The first kappa shape index (κ1) is 13.6. The van der Waals surface area contributed by atoms with E-state index in [4.69, 9.17) is 23.2 Å². The summed E-state index contributed by atoms with van der Waals surface area (Å²) in [6.07, 6.45) is 2.67. The summed E-state index contributed by atoms with van der Waals surface area (Å²) in [7, 11) is 0. The Bertz CT molecular complexity index is 645. The molecule has 1 N–H and O–H groups in total. The number of halogens is 2. The van der Waals surface area contributed by atoms with E-state index in [0.717, 1.165) is 5.56 Å². The molecule has 0 aliphatic rings. The normalized spacial score (nSPS) is 10.3. The summed E-state index contributed by atoms with van der Waals surface area (Å²) >= 11 is 12.2. The van der Waals surface area contributed by atoms with E-state index in [0.29, 0.717) is 21.4 Å². The van der Waals surface area contributed by atoms with Gasteiger partial charge in [-0.2, -0.15) is 0 Å². The predicted octanol–water partition coefficient (Wildman–Crippen LogP) is 2.80. The third-order valence-corrected chi connectivity index (χ3v) is 3.39. The quantitative estimate of drug-likeness (QED) is 0.946. The summed E-state index contributed by atoms with van der Waals surface area (Å²) in [6.45, 7) is 1.83. The van der Waals surface area contributed by atoms with E-state index < -0.39 is 5.97 Å². The predicted molar refractivity (Wildman–Crippen MR) is 73.0 cm³/mol. The number of aromatic nitrogens is 1. The van der Waals surface area contributed by atoms with E-state index in [1.165, 1.54) is 18.5 Å². The van der Waals surface area contributed by atoms with Crippen LogP contribution in [0.1, 0.15) is 15.9 Å². The van der Waals surface area contributed by atoms with Crippen molar-refractivity contribution in [2.75, 3.05) is 5.32 Å². The van der Waals surface area contributed by atoms with Gasteiger partial charge in [0.15, 0.2) is 0 Å². The number of carbonyl (C=O) groups excluding carboxylic acids is 1. The van der Waals surface area contributed by atoms with Gasteiger partial charge in [0, 0.05) is 18.0 Å². The Morgan fingerprint density at radius 1 is 1.32 bits per heavy atom. The molecule has 0 aliphatic heterocycles. The van der Waals surface area contributed by atoms with E-state index in [1.54, 1.807) is 12.1 Å². The maximum atomic E-state index is 11.0. The minimum Gasteiger partial charge on any atom is -0.545 e. The van der Waals surface area contributed by atoms with Crippen molar-refractivity contribution in [1.82, 2.24) is 4.98 Å². The van der Waals surface area contributed by atoms with Gasteiger partial charge in [-0.05, 0) is 24.6 Å². The van der Waals surface area contributed by atoms with Gasteiger partial charge >= 0.3 is 0 Å². The zero-order valence-electron chi connectivity index (χ0n) is 9.91. The van der Waals surface area contributed by atoms with Crippen LogP contribution in [0.5, 0.6) is 0 Å². The highest BCUT2D eigenvalue weighted by Gasteiger charge is 2.11. The average molecular weight is 296 g/mol. The Balaban J connectivity index is 2.48. The Labute approximate surface area is 120 Å². The molecule has 0 unspecified atom stereocenters. The number of carboxylic acids is 1. The summed E-state index contributed by atoms with van der Waals surface area (Å²) in [4.78, 5) is 14.7. The second kappa shape index (κ2) is 5.47. The summed E-state index contributed by atoms with van der Waals surface area (Å²) in [5, 5.41) is 14.7. The fourth-order valence-corrected chi connectivity index (χ4v) is 2.04. The van der Waals surface area contributed by atoms with Crippen molar-refractivity contribution in [2.45, 2.75) is 6.92 Å². The lowest BCUT2D eigenvalue weighted by Gasteiger charge is -2.15. The second-order valence-electron chi connectivity index (χ2n) is 3.89. The highest BCUT2D eigenvalue weighted by molar-refractivity contribution is 6.39. The Morgan fingerprint density at radius 2 is 2.05 bits per heavy atom. The lowest BCUT2D eigenvalue weighted by molar-refractivity contribution is -0.254. The maximum Gasteiger partial charge on any atom is 0.0765 e. The molecule has 4 nitrogen and oxygen atoms in total. The Morgan fingerprint density at radius 3 is 2.74 bits per heavy atom. The van der Waals surface area contributed by atoms with Gasteiger partial charge in [0.25, 0.3) is 0 Å². The number of benzene rings is 1. The number of aromatic carboxylic acids is 1. The van der Waals surface area contributed by atoms with Crippen molar-refractivity contribution in [3.05, 3.63) is 51.8 Å². The highest BCUT2D eigenvalue weighted by Crippen LogP contribution is 2.35. The van der Waals surface area contributed by atoms with Crippen LogP contribution in [0.15, 0.2) is 30.6 Å². The first-order valence-electron chi connectivity index (χ1n) is 5.37. The van der Waals surface area contributed by atoms with E-state index in [2.05, 4.69) is 10.3 Å². The van der Waals surface area contributed by atoms with Crippen molar-refractivity contribution in [2.24, 2.45) is 0 Å². The summed E-state index contributed by atoms with van der Waals surface area (Å²) in [5.74, 6) is -1.32. The molecule has 0 radical (unpaired) electrons. The molecule has 0 bridgehead atoms. The zero-order chi connectivity index (χ0) is 14.0. The van der Waals surface area contributed by atoms with Gasteiger partial charge in [-0.15, -0.1) is 0 Å². The van der Waals surface area contributed by atoms with Crippen LogP contribution >= 0.6 is 23.2 Å². The van der Waals surface area contributed by atoms with Crippen LogP contribution < -0.4 is 10.4 Å². The van der Waals surface area contributed by atoms with Crippen molar-refractivity contribution in [3.63, 3.8) is 0 Å². The fraction of sp³-hybridized carbons (Fsp3) is 0.0769. The standard InChI is InChI=1S/C13H10Cl2N2O2/c1-7-2-3-9(14)12(11(7)15)17-10-4-5-16-6-8(10)13(18)19/h2-6H,1H3,(H,16,17)(H,18,19)/p-1. The molecule has 19 heavy (non-hydrogen) atoms. The van der Waals surface area contributed by atoms with Crippen LogP contribution in [0.3, 0.4) is 0 Å². The molecular formula is C13H9Cl2N2O2-. The number of carboxylic acid groups (broad SMARTS) is 1. The molecule has 0 saturated heterocycles. The molecule has 6 heteroatoms. The van der Waals surface area contributed by atoms with Crippen LogP contribution in [-0.2, 0) is 0 Å². The number of carbonyl (C=O) groups is 1. The highest BCUT2D eigenvalue weighted by atomic mass is 35.5. The molecule has 0 aliphatic carbocycles. The molecule has 98 valence electrons. The van der Waals surface area contributed by atoms with Crippen LogP contribution in [0.2, 0.25) is 10.0 Å². The minimum atomic E-state index is -1.32. The molecular weight excluding hydrogens is 287 g/mol. The molecule has 0 saturated carbocycles. The first-order valence-corrected chi connectivity index (χ1v) is 6.13. The van der Waals surface area contributed by atoms with Crippen LogP contribution in [0, 0.1) is 6.92 Å². The lowest BCUT2D eigenvalue weighted by Crippen LogP contribution is -2.23. The Hall–Kier alpha value is -1.78. The molecule has 0 fully saturated rings.